The number of hydrogen-bond donors (Lipinski definition) is 0. The van der Waals surface area contributed by atoms with Crippen LogP contribution in [0.4, 0.5) is 0 Å². The minimum Gasteiger partial charge on any atom is -0.306 e. The summed E-state index contributed by atoms with van der Waals surface area (Å²) in [6, 6.07) is 32.0. The standard InChI is InChI=1S/C25H28NP/c1-26(2)24-18-11-17-22(24)23-16-9-10-19-25(23)27(20-12-5-3-6-13-20)21-14-7-4-8-15-21/h3-10,12-16,19,22,24H,11,17-18H2,1-2H3. The third-order valence-electron chi connectivity index (χ3n) is 5.75. The van der Waals surface area contributed by atoms with E-state index in [4.69, 9.17) is 0 Å². The zero-order chi connectivity index (χ0) is 18.6. The summed E-state index contributed by atoms with van der Waals surface area (Å²) in [7, 11) is 3.94. The van der Waals surface area contributed by atoms with Gasteiger partial charge in [-0.2, -0.15) is 0 Å². The van der Waals surface area contributed by atoms with Gasteiger partial charge in [0.1, 0.15) is 0 Å². The van der Waals surface area contributed by atoms with Crippen LogP contribution in [-0.4, -0.2) is 25.0 Å². The van der Waals surface area contributed by atoms with E-state index in [1.807, 2.05) is 0 Å². The Kier molecular flexibility index (Phi) is 5.72. The van der Waals surface area contributed by atoms with Gasteiger partial charge in [-0.05, 0) is 56.3 Å². The van der Waals surface area contributed by atoms with Gasteiger partial charge in [-0.25, -0.2) is 0 Å². The molecule has 27 heavy (non-hydrogen) atoms. The summed E-state index contributed by atoms with van der Waals surface area (Å²) in [6.45, 7) is 0. The molecule has 3 aromatic carbocycles. The van der Waals surface area contributed by atoms with E-state index in [0.717, 1.165) is 0 Å². The molecule has 2 atom stereocenters. The molecule has 4 rings (SSSR count). The van der Waals surface area contributed by atoms with Crippen LogP contribution in [0.15, 0.2) is 84.9 Å². The maximum absolute atomic E-state index is 2.43. The van der Waals surface area contributed by atoms with Crippen LogP contribution in [0.1, 0.15) is 30.7 Å². The molecule has 0 bridgehead atoms. The molecule has 3 aromatic rings. The predicted octanol–water partition coefficient (Wildman–Crippen LogP) is 4.64. The van der Waals surface area contributed by atoms with Gasteiger partial charge in [-0.3, -0.25) is 0 Å². The highest BCUT2D eigenvalue weighted by molar-refractivity contribution is 7.79. The van der Waals surface area contributed by atoms with Crippen molar-refractivity contribution in [1.29, 1.82) is 0 Å². The molecule has 0 radical (unpaired) electrons. The molecule has 138 valence electrons. The Balaban J connectivity index is 1.85. The lowest BCUT2D eigenvalue weighted by atomic mass is 9.93. The molecule has 1 saturated carbocycles. The average molecular weight is 373 g/mol. The van der Waals surface area contributed by atoms with Crippen LogP contribution in [0, 0.1) is 0 Å². The highest BCUT2D eigenvalue weighted by Crippen LogP contribution is 2.41. The Labute approximate surface area is 164 Å². The van der Waals surface area contributed by atoms with Crippen molar-refractivity contribution in [2.75, 3.05) is 14.1 Å². The Morgan fingerprint density at radius 1 is 0.704 bits per heavy atom. The van der Waals surface area contributed by atoms with Crippen LogP contribution in [0.2, 0.25) is 0 Å². The van der Waals surface area contributed by atoms with Gasteiger partial charge in [0, 0.05) is 12.0 Å². The lowest BCUT2D eigenvalue weighted by molar-refractivity contribution is 0.276. The van der Waals surface area contributed by atoms with Crippen molar-refractivity contribution in [3.63, 3.8) is 0 Å². The Hall–Kier alpha value is -1.95. The van der Waals surface area contributed by atoms with Gasteiger partial charge in [0.25, 0.3) is 0 Å². The zero-order valence-corrected chi connectivity index (χ0v) is 17.1. The first-order chi connectivity index (χ1) is 13.3. The first-order valence-corrected chi connectivity index (χ1v) is 11.3. The van der Waals surface area contributed by atoms with E-state index in [9.17, 15) is 0 Å². The Bertz CT molecular complexity index is 820. The quantitative estimate of drug-likeness (QED) is 0.589. The van der Waals surface area contributed by atoms with Crippen LogP contribution >= 0.6 is 7.92 Å². The first kappa shape index (κ1) is 18.4. The van der Waals surface area contributed by atoms with Crippen LogP contribution < -0.4 is 15.9 Å². The van der Waals surface area contributed by atoms with Crippen LogP contribution in [0.5, 0.6) is 0 Å². The van der Waals surface area contributed by atoms with Crippen molar-refractivity contribution in [1.82, 2.24) is 4.90 Å². The third-order valence-corrected chi connectivity index (χ3v) is 8.27. The van der Waals surface area contributed by atoms with Gasteiger partial charge >= 0.3 is 0 Å². The van der Waals surface area contributed by atoms with E-state index in [2.05, 4.69) is 104 Å². The van der Waals surface area contributed by atoms with Gasteiger partial charge in [0.15, 0.2) is 0 Å². The van der Waals surface area contributed by atoms with Crippen LogP contribution in [0.3, 0.4) is 0 Å². The van der Waals surface area contributed by atoms with Crippen molar-refractivity contribution in [2.24, 2.45) is 0 Å². The molecule has 2 heteroatoms. The number of likely N-dealkylation sites (N-methyl/N-ethyl adjacent to an activating group) is 1. The predicted molar refractivity (Wildman–Crippen MR) is 119 cm³/mol. The fourth-order valence-electron chi connectivity index (χ4n) is 4.51. The lowest BCUT2D eigenvalue weighted by Crippen LogP contribution is -2.33. The molecule has 0 aromatic heterocycles. The smallest absolute Gasteiger partial charge is 0.0158 e. The molecule has 0 amide bonds. The molecule has 0 saturated heterocycles. The van der Waals surface area contributed by atoms with E-state index >= 15 is 0 Å². The second-order valence-corrected chi connectivity index (χ2v) is 9.82. The van der Waals surface area contributed by atoms with E-state index in [-0.39, 0.29) is 0 Å². The van der Waals surface area contributed by atoms with E-state index in [0.29, 0.717) is 12.0 Å². The fraction of sp³-hybridized carbons (Fsp3) is 0.280. The molecule has 1 nitrogen and oxygen atoms in total. The van der Waals surface area contributed by atoms with E-state index in [1.54, 1.807) is 5.56 Å². The van der Waals surface area contributed by atoms with Gasteiger partial charge in [0.2, 0.25) is 0 Å². The maximum Gasteiger partial charge on any atom is 0.0158 e. The minimum atomic E-state index is -0.540. The number of rotatable bonds is 5. The van der Waals surface area contributed by atoms with Crippen LogP contribution in [-0.2, 0) is 0 Å². The minimum absolute atomic E-state index is 0.540. The third kappa shape index (κ3) is 3.86. The summed E-state index contributed by atoms with van der Waals surface area (Å²) in [5.74, 6) is 0.633. The highest BCUT2D eigenvalue weighted by Gasteiger charge is 2.33. The molecule has 0 heterocycles. The fourth-order valence-corrected chi connectivity index (χ4v) is 7.04. The molecule has 0 aliphatic heterocycles. The molecule has 2 unspecified atom stereocenters. The van der Waals surface area contributed by atoms with Crippen molar-refractivity contribution < 1.29 is 0 Å². The molecule has 0 N–H and O–H groups in total. The van der Waals surface area contributed by atoms with Crippen molar-refractivity contribution in [3.05, 3.63) is 90.5 Å². The Morgan fingerprint density at radius 3 is 1.85 bits per heavy atom. The van der Waals surface area contributed by atoms with Gasteiger partial charge in [-0.1, -0.05) is 91.3 Å². The van der Waals surface area contributed by atoms with E-state index in [1.165, 1.54) is 35.2 Å². The van der Waals surface area contributed by atoms with Gasteiger partial charge in [0.05, 0.1) is 0 Å². The highest BCUT2D eigenvalue weighted by atomic mass is 31.1. The topological polar surface area (TPSA) is 3.24 Å². The SMILES string of the molecule is CN(C)C1CCCC1c1ccccc1P(c1ccccc1)c1ccccc1. The number of nitrogens with zero attached hydrogens (tertiary/aromatic N) is 1. The second-order valence-electron chi connectivity index (χ2n) is 7.63. The molecule has 1 fully saturated rings. The summed E-state index contributed by atoms with van der Waals surface area (Å²) < 4.78 is 0. The summed E-state index contributed by atoms with van der Waals surface area (Å²) in [5.41, 5.74) is 1.56. The monoisotopic (exact) mass is 373 g/mol. The number of hydrogen-bond acceptors (Lipinski definition) is 1. The van der Waals surface area contributed by atoms with Crippen molar-refractivity contribution in [2.45, 2.75) is 31.2 Å². The zero-order valence-electron chi connectivity index (χ0n) is 16.3. The normalized spacial score (nSPS) is 19.7. The Morgan fingerprint density at radius 2 is 1.26 bits per heavy atom. The van der Waals surface area contributed by atoms with Crippen molar-refractivity contribution in [3.8, 4) is 0 Å². The second kappa shape index (κ2) is 8.38. The summed E-state index contributed by atoms with van der Waals surface area (Å²) in [6.07, 6.45) is 3.93. The lowest BCUT2D eigenvalue weighted by Gasteiger charge is -2.30. The van der Waals surface area contributed by atoms with Gasteiger partial charge in [-0.15, -0.1) is 0 Å². The first-order valence-electron chi connectivity index (χ1n) is 9.91. The summed E-state index contributed by atoms with van der Waals surface area (Å²) >= 11 is 0. The summed E-state index contributed by atoms with van der Waals surface area (Å²) in [5, 5.41) is 4.40. The molecule has 1 aliphatic rings. The molecular weight excluding hydrogens is 345 g/mol. The average Bonchev–Trinajstić information content (AvgIpc) is 3.20. The van der Waals surface area contributed by atoms with Crippen molar-refractivity contribution >= 4 is 23.8 Å². The van der Waals surface area contributed by atoms with Gasteiger partial charge < -0.3 is 4.90 Å². The van der Waals surface area contributed by atoms with E-state index < -0.39 is 7.92 Å². The van der Waals surface area contributed by atoms with Crippen LogP contribution in [0.25, 0.3) is 0 Å². The molecule has 0 spiro atoms. The molecular formula is C25H28NP. The number of benzene rings is 3. The maximum atomic E-state index is 2.43. The largest absolute Gasteiger partial charge is 0.306 e. The molecule has 1 aliphatic carbocycles. The summed E-state index contributed by atoms with van der Waals surface area (Å²) in [4.78, 5) is 2.43.